The summed E-state index contributed by atoms with van der Waals surface area (Å²) >= 11 is 5.83. The molecule has 1 aromatic carbocycles. The van der Waals surface area contributed by atoms with Crippen LogP contribution in [0.1, 0.15) is 12.5 Å². The summed E-state index contributed by atoms with van der Waals surface area (Å²) in [7, 11) is 0. The Hall–Kier alpha value is -1.61. The molecule has 0 bridgehead atoms. The molecular weight excluding hydrogens is 214 g/mol. The lowest BCUT2D eigenvalue weighted by atomic mass is 10.1. The zero-order valence-corrected chi connectivity index (χ0v) is 8.78. The summed E-state index contributed by atoms with van der Waals surface area (Å²) in [5.74, 6) is -0.424. The number of halogens is 1. The third-order valence-corrected chi connectivity index (χ3v) is 2.27. The third kappa shape index (κ3) is 2.07. The van der Waals surface area contributed by atoms with Gasteiger partial charge in [0.25, 0.3) is 0 Å². The monoisotopic (exact) mass is 221 g/mol. The Bertz CT molecular complexity index is 477. The Morgan fingerprint density at radius 2 is 2.27 bits per heavy atom. The van der Waals surface area contributed by atoms with Gasteiger partial charge in [-0.25, -0.2) is 4.79 Å². The lowest BCUT2D eigenvalue weighted by Gasteiger charge is -1.96. The molecule has 0 unspecified atom stereocenters. The maximum absolute atomic E-state index is 11.2. The van der Waals surface area contributed by atoms with E-state index in [0.717, 1.165) is 5.56 Å². The van der Waals surface area contributed by atoms with Crippen LogP contribution in [-0.2, 0) is 9.63 Å². The minimum atomic E-state index is -0.424. The molecule has 4 heteroatoms. The van der Waals surface area contributed by atoms with Crippen molar-refractivity contribution in [1.82, 2.24) is 0 Å². The molecule has 0 aliphatic carbocycles. The fourth-order valence-electron chi connectivity index (χ4n) is 1.28. The largest absolute Gasteiger partial charge is 0.367 e. The smallest absolute Gasteiger partial charge is 0.312 e. The summed E-state index contributed by atoms with van der Waals surface area (Å²) < 4.78 is 0. The van der Waals surface area contributed by atoms with Crippen LogP contribution in [0.2, 0.25) is 5.02 Å². The van der Waals surface area contributed by atoms with Crippen LogP contribution in [0.25, 0.3) is 6.08 Å². The summed E-state index contributed by atoms with van der Waals surface area (Å²) in [6.45, 7) is 1.72. The van der Waals surface area contributed by atoms with Gasteiger partial charge in [0.1, 0.15) is 0 Å². The Balaban J connectivity index is 2.38. The van der Waals surface area contributed by atoms with Crippen molar-refractivity contribution in [3.8, 4) is 0 Å². The van der Waals surface area contributed by atoms with Crippen molar-refractivity contribution in [3.05, 3.63) is 40.4 Å². The van der Waals surface area contributed by atoms with E-state index >= 15 is 0 Å². The molecule has 76 valence electrons. The van der Waals surface area contributed by atoms with E-state index in [1.807, 2.05) is 12.1 Å². The van der Waals surface area contributed by atoms with Crippen LogP contribution in [0, 0.1) is 0 Å². The van der Waals surface area contributed by atoms with Crippen LogP contribution in [-0.4, -0.2) is 11.7 Å². The highest BCUT2D eigenvalue weighted by molar-refractivity contribution is 6.30. The minimum Gasteiger partial charge on any atom is -0.312 e. The molecule has 1 aliphatic rings. The van der Waals surface area contributed by atoms with Crippen LogP contribution >= 0.6 is 11.6 Å². The highest BCUT2D eigenvalue weighted by Crippen LogP contribution is 2.17. The van der Waals surface area contributed by atoms with Crippen molar-refractivity contribution in [2.45, 2.75) is 6.92 Å². The van der Waals surface area contributed by atoms with Gasteiger partial charge >= 0.3 is 5.97 Å². The molecule has 0 amide bonds. The normalized spacial score (nSPS) is 17.9. The van der Waals surface area contributed by atoms with Gasteiger partial charge in [-0.3, -0.25) is 0 Å². The predicted octanol–water partition coefficient (Wildman–Crippen LogP) is 2.66. The van der Waals surface area contributed by atoms with Crippen LogP contribution in [0.3, 0.4) is 0 Å². The summed E-state index contributed by atoms with van der Waals surface area (Å²) in [6, 6.07) is 7.23. The second kappa shape index (κ2) is 3.87. The minimum absolute atomic E-state index is 0.424. The zero-order valence-electron chi connectivity index (χ0n) is 8.03. The van der Waals surface area contributed by atoms with Crippen molar-refractivity contribution in [2.24, 2.45) is 5.16 Å². The molecule has 0 N–H and O–H groups in total. The van der Waals surface area contributed by atoms with Gasteiger partial charge in [-0.1, -0.05) is 28.9 Å². The highest BCUT2D eigenvalue weighted by atomic mass is 35.5. The molecule has 0 spiro atoms. The summed E-state index contributed by atoms with van der Waals surface area (Å²) in [4.78, 5) is 15.8. The summed E-state index contributed by atoms with van der Waals surface area (Å²) in [5.41, 5.74) is 1.91. The van der Waals surface area contributed by atoms with Crippen LogP contribution < -0.4 is 0 Å². The van der Waals surface area contributed by atoms with Crippen molar-refractivity contribution in [2.75, 3.05) is 0 Å². The molecule has 0 fully saturated rings. The average Bonchev–Trinajstić information content (AvgIpc) is 2.50. The molecule has 2 rings (SSSR count). The Kier molecular flexibility index (Phi) is 2.56. The lowest BCUT2D eigenvalue weighted by molar-refractivity contribution is -0.136. The molecule has 0 atom stereocenters. The molecule has 1 heterocycles. The van der Waals surface area contributed by atoms with Gasteiger partial charge in [-0.05, 0) is 30.7 Å². The first kappa shape index (κ1) is 9.93. The van der Waals surface area contributed by atoms with Gasteiger partial charge in [0.2, 0.25) is 0 Å². The first-order valence-corrected chi connectivity index (χ1v) is 4.78. The molecule has 0 radical (unpaired) electrons. The fourth-order valence-corrected chi connectivity index (χ4v) is 1.48. The molecule has 0 saturated carbocycles. The number of carbonyl (C=O) groups is 1. The van der Waals surface area contributed by atoms with Gasteiger partial charge in [0, 0.05) is 5.02 Å². The average molecular weight is 222 g/mol. The second-order valence-electron chi connectivity index (χ2n) is 3.17. The molecular formula is C11H8ClNO2. The maximum atomic E-state index is 11.2. The topological polar surface area (TPSA) is 38.7 Å². The second-order valence-corrected chi connectivity index (χ2v) is 3.60. The third-order valence-electron chi connectivity index (χ3n) is 2.03. The van der Waals surface area contributed by atoms with Crippen molar-refractivity contribution in [3.63, 3.8) is 0 Å². The van der Waals surface area contributed by atoms with E-state index in [-0.39, 0.29) is 0 Å². The van der Waals surface area contributed by atoms with Crippen LogP contribution in [0.4, 0.5) is 0 Å². The fraction of sp³-hybridized carbons (Fsp3) is 0.0909. The van der Waals surface area contributed by atoms with Gasteiger partial charge in [0.15, 0.2) is 0 Å². The highest BCUT2D eigenvalue weighted by Gasteiger charge is 2.21. The molecule has 0 aromatic heterocycles. The van der Waals surface area contributed by atoms with Crippen LogP contribution in [0.5, 0.6) is 0 Å². The van der Waals surface area contributed by atoms with E-state index < -0.39 is 5.97 Å². The van der Waals surface area contributed by atoms with Gasteiger partial charge in [-0.2, -0.15) is 0 Å². The Labute approximate surface area is 92.0 Å². The summed E-state index contributed by atoms with van der Waals surface area (Å²) in [6.07, 6.45) is 1.71. The molecule has 15 heavy (non-hydrogen) atoms. The molecule has 0 saturated heterocycles. The SMILES string of the molecule is CC1=NOC(=O)/C1=C\c1cccc(Cl)c1. The number of hydrogen-bond acceptors (Lipinski definition) is 3. The predicted molar refractivity (Wildman–Crippen MR) is 58.6 cm³/mol. The number of oxime groups is 1. The Morgan fingerprint density at radius 3 is 2.87 bits per heavy atom. The van der Waals surface area contributed by atoms with E-state index in [0.29, 0.717) is 16.3 Å². The lowest BCUT2D eigenvalue weighted by Crippen LogP contribution is -2.01. The first-order chi connectivity index (χ1) is 7.16. The van der Waals surface area contributed by atoms with Gasteiger partial charge in [0.05, 0.1) is 11.3 Å². The number of nitrogens with zero attached hydrogens (tertiary/aromatic N) is 1. The van der Waals surface area contributed by atoms with E-state index in [1.165, 1.54) is 0 Å². The van der Waals surface area contributed by atoms with Crippen LogP contribution in [0.15, 0.2) is 35.0 Å². The number of benzene rings is 1. The number of hydrogen-bond donors (Lipinski definition) is 0. The molecule has 1 aromatic rings. The van der Waals surface area contributed by atoms with Crippen molar-refractivity contribution in [1.29, 1.82) is 0 Å². The summed E-state index contributed by atoms with van der Waals surface area (Å²) in [5, 5.41) is 4.21. The molecule has 3 nitrogen and oxygen atoms in total. The van der Waals surface area contributed by atoms with E-state index in [1.54, 1.807) is 25.1 Å². The number of rotatable bonds is 1. The van der Waals surface area contributed by atoms with Gasteiger partial charge in [-0.15, -0.1) is 0 Å². The molecule has 1 aliphatic heterocycles. The zero-order chi connectivity index (χ0) is 10.8. The maximum Gasteiger partial charge on any atom is 0.367 e. The van der Waals surface area contributed by atoms with Crippen molar-refractivity contribution >= 4 is 29.4 Å². The van der Waals surface area contributed by atoms with Crippen molar-refractivity contribution < 1.29 is 9.63 Å². The van der Waals surface area contributed by atoms with E-state index in [4.69, 9.17) is 11.6 Å². The van der Waals surface area contributed by atoms with E-state index in [9.17, 15) is 4.79 Å². The Morgan fingerprint density at radius 1 is 1.47 bits per heavy atom. The first-order valence-electron chi connectivity index (χ1n) is 4.40. The number of carbonyl (C=O) groups excluding carboxylic acids is 1. The quantitative estimate of drug-likeness (QED) is 0.540. The van der Waals surface area contributed by atoms with Gasteiger partial charge < -0.3 is 4.84 Å². The standard InChI is InChI=1S/C11H8ClNO2/c1-7-10(11(14)15-13-7)6-8-3-2-4-9(12)5-8/h2-6H,1H3/b10-6-. The van der Waals surface area contributed by atoms with E-state index in [2.05, 4.69) is 9.99 Å².